The Morgan fingerprint density at radius 2 is 1.41 bits per heavy atom. The van der Waals surface area contributed by atoms with Crippen LogP contribution in [0.5, 0.6) is 0 Å². The third-order valence-electron chi connectivity index (χ3n) is 16.0. The first-order valence-electron chi connectivity index (χ1n) is 23.3. The second-order valence-corrected chi connectivity index (χ2v) is 20.9. The fourth-order valence-corrected chi connectivity index (χ4v) is 15.1. The van der Waals surface area contributed by atoms with Crippen LogP contribution in [0, 0.1) is 104 Å². The zero-order valence-electron chi connectivity index (χ0n) is 40.7. The molecule has 1 aromatic carbocycles. The standard InChI is InChI=1S/C42H63N5O2S.C3H6.C2H6.4C2H2/c1-30-9-11-31(12-10-30)33-15-19-41(5)36(39(33,2)3)17-20-40(4)34-16-21-42(18-7-8-35(42)32(34)13-14-37(40)41)44-22-23-46-24-26-47(27-25-46)50(48,49)38-28-45(6)29-43-38;1-3-2;5*1-2/h9-12,15,28-29,32,34-37,44H,7-8,13-14,16-27H2,1-6H3;3H,1H2,2H3;1-2H3;4*1-2H/t32-,34?,35?,36?,37?,40-,41-,42-;;;;;;/m0....../s1. The highest BCUT2D eigenvalue weighted by atomic mass is 32.2. The number of benzene rings is 1. The van der Waals surface area contributed by atoms with Gasteiger partial charge in [-0.1, -0.05) is 89.9 Å². The number of nitrogens with zero attached hydrogens (tertiary/aromatic N) is 4. The van der Waals surface area contributed by atoms with Crippen molar-refractivity contribution in [3.63, 3.8) is 0 Å². The van der Waals surface area contributed by atoms with E-state index in [1.807, 2.05) is 27.8 Å². The van der Waals surface area contributed by atoms with Crippen LogP contribution >= 0.6 is 0 Å². The molecule has 1 saturated heterocycles. The van der Waals surface area contributed by atoms with Gasteiger partial charge in [-0.15, -0.1) is 58.0 Å². The Hall–Kier alpha value is -4.02. The summed E-state index contributed by atoms with van der Waals surface area (Å²) >= 11 is 0. The Morgan fingerprint density at radius 3 is 1.98 bits per heavy atom. The largest absolute Gasteiger partial charge is 0.339 e. The third-order valence-corrected chi connectivity index (χ3v) is 17.8. The number of fused-ring (bicyclic) bond motifs is 7. The Labute approximate surface area is 386 Å². The molecule has 7 nitrogen and oxygen atoms in total. The smallest absolute Gasteiger partial charge is 0.262 e. The quantitative estimate of drug-likeness (QED) is 0.222. The highest BCUT2D eigenvalue weighted by molar-refractivity contribution is 7.89. The zero-order valence-corrected chi connectivity index (χ0v) is 41.5. The maximum atomic E-state index is 13.1. The second kappa shape index (κ2) is 24.3. The van der Waals surface area contributed by atoms with Crippen molar-refractivity contribution >= 4 is 15.6 Å². The minimum absolute atomic E-state index is 0.161. The summed E-state index contributed by atoms with van der Waals surface area (Å²) in [4.78, 5) is 6.58. The first kappa shape index (κ1) is 55.1. The average Bonchev–Trinajstić information content (AvgIpc) is 3.95. The number of hydrogen-bond donors (Lipinski definition) is 1. The summed E-state index contributed by atoms with van der Waals surface area (Å²) in [7, 11) is -1.71. The Bertz CT molecular complexity index is 1920. The molecule has 6 aliphatic rings. The van der Waals surface area contributed by atoms with E-state index in [-0.39, 0.29) is 10.4 Å². The number of nitrogens with one attached hydrogen (secondary N) is 1. The van der Waals surface area contributed by atoms with Crippen LogP contribution < -0.4 is 5.32 Å². The van der Waals surface area contributed by atoms with E-state index in [0.29, 0.717) is 29.5 Å². The molecule has 1 aliphatic heterocycles. The van der Waals surface area contributed by atoms with Gasteiger partial charge in [0, 0.05) is 58.1 Å². The molecule has 346 valence electrons. The van der Waals surface area contributed by atoms with E-state index < -0.39 is 10.0 Å². The number of rotatable bonds is 7. The van der Waals surface area contributed by atoms with Crippen LogP contribution in [0.1, 0.15) is 124 Å². The minimum atomic E-state index is -3.52. The Kier molecular flexibility index (Phi) is 21.3. The van der Waals surface area contributed by atoms with Gasteiger partial charge in [-0.25, -0.2) is 13.4 Å². The second-order valence-electron chi connectivity index (χ2n) is 19.1. The normalized spacial score (nSPS) is 31.3. The molecule has 5 aliphatic carbocycles. The minimum Gasteiger partial charge on any atom is -0.339 e. The molecule has 8 atom stereocenters. The van der Waals surface area contributed by atoms with Crippen molar-refractivity contribution in [2.24, 2.45) is 52.9 Å². The molecule has 1 N–H and O–H groups in total. The summed E-state index contributed by atoms with van der Waals surface area (Å²) in [6.07, 6.45) is 53.2. The van der Waals surface area contributed by atoms with Crippen LogP contribution in [0.4, 0.5) is 0 Å². The lowest BCUT2D eigenvalue weighted by atomic mass is 9.37. The molecule has 0 bridgehead atoms. The van der Waals surface area contributed by atoms with Gasteiger partial charge in [0.15, 0.2) is 5.03 Å². The molecule has 0 spiro atoms. The van der Waals surface area contributed by atoms with Crippen molar-refractivity contribution in [3.05, 3.63) is 66.6 Å². The van der Waals surface area contributed by atoms with Gasteiger partial charge < -0.3 is 9.88 Å². The maximum Gasteiger partial charge on any atom is 0.262 e. The molecule has 63 heavy (non-hydrogen) atoms. The summed E-state index contributed by atoms with van der Waals surface area (Å²) in [5, 5.41) is 4.39. The number of aromatic nitrogens is 2. The van der Waals surface area contributed by atoms with Gasteiger partial charge in [-0.3, -0.25) is 4.90 Å². The maximum absolute atomic E-state index is 13.1. The molecular formula is C55H83N5O2S. The van der Waals surface area contributed by atoms with Crippen molar-refractivity contribution in [2.75, 3.05) is 39.3 Å². The number of sulfonamides is 1. The van der Waals surface area contributed by atoms with E-state index in [1.165, 1.54) is 75.3 Å². The van der Waals surface area contributed by atoms with Crippen LogP contribution in [0.2, 0.25) is 0 Å². The Morgan fingerprint density at radius 1 is 0.810 bits per heavy atom. The number of aryl methyl sites for hydroxylation is 2. The molecule has 0 radical (unpaired) electrons. The molecule has 8 rings (SSSR count). The number of imidazole rings is 1. The lowest BCUT2D eigenvalue weighted by Crippen LogP contribution is -2.64. The van der Waals surface area contributed by atoms with Gasteiger partial charge in [0.2, 0.25) is 0 Å². The van der Waals surface area contributed by atoms with Crippen molar-refractivity contribution < 1.29 is 8.42 Å². The number of hydrogen-bond acceptors (Lipinski definition) is 5. The molecule has 0 amide bonds. The summed E-state index contributed by atoms with van der Waals surface area (Å²) in [5.41, 5.74) is 5.69. The van der Waals surface area contributed by atoms with E-state index in [0.717, 1.165) is 55.8 Å². The summed E-state index contributed by atoms with van der Waals surface area (Å²) in [6, 6.07) is 9.32. The highest BCUT2D eigenvalue weighted by Crippen LogP contribution is 2.72. The van der Waals surface area contributed by atoms with Crippen LogP contribution in [-0.4, -0.2) is 72.0 Å². The fraction of sp³-hybridized carbons (Fsp3) is 0.618. The molecule has 4 unspecified atom stereocenters. The summed E-state index contributed by atoms with van der Waals surface area (Å²) in [6.45, 7) is 26.7. The van der Waals surface area contributed by atoms with Crippen LogP contribution in [0.25, 0.3) is 5.57 Å². The predicted octanol–water partition coefficient (Wildman–Crippen LogP) is 10.8. The van der Waals surface area contributed by atoms with E-state index >= 15 is 0 Å². The van der Waals surface area contributed by atoms with Gasteiger partial charge >= 0.3 is 0 Å². The first-order valence-corrected chi connectivity index (χ1v) is 24.8. The predicted molar refractivity (Wildman–Crippen MR) is 269 cm³/mol. The third kappa shape index (κ3) is 11.1. The number of terminal acetylenes is 4. The van der Waals surface area contributed by atoms with Crippen LogP contribution in [0.3, 0.4) is 0 Å². The molecule has 1 aromatic heterocycles. The lowest BCUT2D eigenvalue weighted by molar-refractivity contribution is -0.172. The van der Waals surface area contributed by atoms with Crippen molar-refractivity contribution in [1.82, 2.24) is 24.1 Å². The topological polar surface area (TPSA) is 70.5 Å². The molecule has 2 aromatic rings. The molecule has 8 heteroatoms. The molecule has 2 heterocycles. The van der Waals surface area contributed by atoms with Crippen molar-refractivity contribution in [2.45, 2.75) is 130 Å². The van der Waals surface area contributed by atoms with Gasteiger partial charge in [-0.2, -0.15) is 4.31 Å². The van der Waals surface area contributed by atoms with Crippen molar-refractivity contribution in [1.29, 1.82) is 0 Å². The number of allylic oxidation sites excluding steroid dienone is 3. The monoisotopic (exact) mass is 878 g/mol. The first-order chi connectivity index (χ1) is 30.2. The van der Waals surface area contributed by atoms with Gasteiger partial charge in [0.25, 0.3) is 10.0 Å². The van der Waals surface area contributed by atoms with E-state index in [4.69, 9.17) is 0 Å². The average molecular weight is 878 g/mol. The van der Waals surface area contributed by atoms with Gasteiger partial charge in [0.1, 0.15) is 0 Å². The van der Waals surface area contributed by atoms with E-state index in [2.05, 4.69) is 138 Å². The zero-order chi connectivity index (χ0) is 47.8. The number of piperazine rings is 1. The molecular weight excluding hydrogens is 795 g/mol. The van der Waals surface area contributed by atoms with Gasteiger partial charge in [-0.05, 0) is 129 Å². The summed E-state index contributed by atoms with van der Waals surface area (Å²) in [5.74, 6) is 4.07. The fourth-order valence-electron chi connectivity index (χ4n) is 13.7. The SMILES string of the molecule is C#C.C#C.C#C.C#C.C=CC.CC.Cc1ccc(C2=CC[C@@]3(C)C(CC[C@@]4(C)C5CC[C@@]6(NCCN7CCN(S(=O)(=O)c8cn(C)cn8)CC7)CCCC6[C@H]5CCC43)C2(C)C)cc1. The van der Waals surface area contributed by atoms with Gasteiger partial charge in [0.05, 0.1) is 6.33 Å². The molecule has 5 fully saturated rings. The lowest BCUT2D eigenvalue weighted by Gasteiger charge is -2.68. The van der Waals surface area contributed by atoms with Crippen molar-refractivity contribution in [3.8, 4) is 51.4 Å². The van der Waals surface area contributed by atoms with Crippen LogP contribution in [-0.2, 0) is 17.1 Å². The highest BCUT2D eigenvalue weighted by Gasteiger charge is 2.65. The van der Waals surface area contributed by atoms with Crippen LogP contribution in [0.15, 0.2) is 60.5 Å². The van der Waals surface area contributed by atoms with E-state index in [1.54, 1.807) is 33.0 Å². The summed E-state index contributed by atoms with van der Waals surface area (Å²) < 4.78 is 29.5. The Balaban J connectivity index is 0.000000960. The van der Waals surface area contributed by atoms with E-state index in [9.17, 15) is 8.42 Å². The molecule has 4 saturated carbocycles.